The van der Waals surface area contributed by atoms with Crippen molar-refractivity contribution in [3.63, 3.8) is 0 Å². The van der Waals surface area contributed by atoms with Crippen molar-refractivity contribution in [1.82, 2.24) is 15.1 Å². The molecule has 0 aliphatic heterocycles. The van der Waals surface area contributed by atoms with Crippen molar-refractivity contribution < 1.29 is 14.7 Å². The maximum absolute atomic E-state index is 12.2. The van der Waals surface area contributed by atoms with E-state index >= 15 is 0 Å². The van der Waals surface area contributed by atoms with Crippen LogP contribution in [-0.2, 0) is 4.74 Å². The first-order valence-corrected chi connectivity index (χ1v) is 5.88. The van der Waals surface area contributed by atoms with Gasteiger partial charge in [0, 0.05) is 32.7 Å². The van der Waals surface area contributed by atoms with Gasteiger partial charge in [0.05, 0.1) is 6.61 Å². The van der Waals surface area contributed by atoms with Gasteiger partial charge in [0.25, 0.3) is 11.5 Å². The number of oxime groups is 1. The summed E-state index contributed by atoms with van der Waals surface area (Å²) in [7, 11) is 1.52. The highest BCUT2D eigenvalue weighted by Gasteiger charge is 2.17. The van der Waals surface area contributed by atoms with Crippen molar-refractivity contribution in [3.8, 4) is 0 Å². The predicted octanol–water partition coefficient (Wildman–Crippen LogP) is -1.00. The van der Waals surface area contributed by atoms with Crippen molar-refractivity contribution in [1.29, 1.82) is 0 Å². The van der Waals surface area contributed by atoms with Gasteiger partial charge >= 0.3 is 0 Å². The Bertz CT molecular complexity index is 507. The summed E-state index contributed by atoms with van der Waals surface area (Å²) in [4.78, 5) is 24.6. The Kier molecular flexibility index (Phi) is 6.17. The lowest BCUT2D eigenvalue weighted by atomic mass is 10.3. The van der Waals surface area contributed by atoms with Gasteiger partial charge in [-0.3, -0.25) is 9.59 Å². The molecule has 4 N–H and O–H groups in total. The normalized spacial score (nSPS) is 11.3. The van der Waals surface area contributed by atoms with Crippen LogP contribution in [0, 0.1) is 0 Å². The van der Waals surface area contributed by atoms with Gasteiger partial charge in [-0.2, -0.15) is 5.10 Å². The fraction of sp³-hybridized carbons (Fsp3) is 0.455. The number of aromatic nitrogens is 2. The van der Waals surface area contributed by atoms with E-state index in [0.29, 0.717) is 13.2 Å². The number of carbonyl (C=O) groups is 1. The standard InChI is InChI=1S/C11H17N5O4/c1-20-7-6-16(5-4-9(12)15-19)11(18)8-2-3-10(17)14-13-8/h2-3,19H,4-7H2,1H3,(H2,12,15)(H,14,17). The molecule has 0 fully saturated rings. The molecule has 9 heteroatoms. The van der Waals surface area contributed by atoms with E-state index in [0.717, 1.165) is 0 Å². The largest absolute Gasteiger partial charge is 0.409 e. The second kappa shape index (κ2) is 7.89. The fourth-order valence-corrected chi connectivity index (χ4v) is 1.44. The van der Waals surface area contributed by atoms with Gasteiger partial charge < -0.3 is 20.6 Å². The number of amides is 1. The highest BCUT2D eigenvalue weighted by atomic mass is 16.5. The van der Waals surface area contributed by atoms with Gasteiger partial charge in [-0.05, 0) is 6.07 Å². The Labute approximate surface area is 115 Å². The van der Waals surface area contributed by atoms with E-state index in [1.165, 1.54) is 24.1 Å². The molecule has 0 spiro atoms. The summed E-state index contributed by atoms with van der Waals surface area (Å²) in [5.41, 5.74) is 5.10. The molecule has 0 saturated carbocycles. The van der Waals surface area contributed by atoms with Gasteiger partial charge in [-0.1, -0.05) is 5.16 Å². The Morgan fingerprint density at radius 2 is 2.30 bits per heavy atom. The van der Waals surface area contributed by atoms with Crippen molar-refractivity contribution >= 4 is 11.7 Å². The van der Waals surface area contributed by atoms with Crippen LogP contribution >= 0.6 is 0 Å². The highest BCUT2D eigenvalue weighted by Crippen LogP contribution is 2.01. The van der Waals surface area contributed by atoms with E-state index in [9.17, 15) is 9.59 Å². The van der Waals surface area contributed by atoms with Crippen LogP contribution in [0.3, 0.4) is 0 Å². The van der Waals surface area contributed by atoms with Crippen molar-refractivity contribution in [2.24, 2.45) is 10.9 Å². The van der Waals surface area contributed by atoms with Crippen molar-refractivity contribution in [2.45, 2.75) is 6.42 Å². The van der Waals surface area contributed by atoms with Crippen LogP contribution in [0.5, 0.6) is 0 Å². The van der Waals surface area contributed by atoms with E-state index in [1.54, 1.807) is 0 Å². The van der Waals surface area contributed by atoms with Gasteiger partial charge in [-0.15, -0.1) is 0 Å². The Hall–Kier alpha value is -2.42. The molecule has 1 aromatic heterocycles. The average Bonchev–Trinajstić information content (AvgIpc) is 2.47. The monoisotopic (exact) mass is 283 g/mol. The molecule has 0 aromatic carbocycles. The number of hydrogen-bond acceptors (Lipinski definition) is 6. The van der Waals surface area contributed by atoms with E-state index in [-0.39, 0.29) is 36.0 Å². The number of aromatic amines is 1. The first-order chi connectivity index (χ1) is 9.58. The number of carbonyl (C=O) groups excluding carboxylic acids is 1. The number of nitrogens with one attached hydrogen (secondary N) is 1. The SMILES string of the molecule is COCCN(CC/C(N)=N/O)C(=O)c1ccc(=O)[nH]n1. The summed E-state index contributed by atoms with van der Waals surface area (Å²) < 4.78 is 4.93. The second-order valence-corrected chi connectivity index (χ2v) is 3.93. The topological polar surface area (TPSA) is 134 Å². The predicted molar refractivity (Wildman–Crippen MR) is 70.7 cm³/mol. The van der Waals surface area contributed by atoms with Crippen LogP contribution in [0.4, 0.5) is 0 Å². The number of methoxy groups -OCH3 is 1. The van der Waals surface area contributed by atoms with E-state index in [2.05, 4.69) is 15.4 Å². The maximum atomic E-state index is 12.2. The number of H-pyrrole nitrogens is 1. The fourth-order valence-electron chi connectivity index (χ4n) is 1.44. The third-order valence-electron chi connectivity index (χ3n) is 2.52. The minimum absolute atomic E-state index is 0.0228. The molecule has 1 aromatic rings. The number of amidine groups is 1. The molecule has 0 radical (unpaired) electrons. The summed E-state index contributed by atoms with van der Waals surface area (Å²) in [5.74, 6) is -0.348. The van der Waals surface area contributed by atoms with E-state index in [4.69, 9.17) is 15.7 Å². The lowest BCUT2D eigenvalue weighted by molar-refractivity contribution is 0.0693. The molecular weight excluding hydrogens is 266 g/mol. The van der Waals surface area contributed by atoms with Gasteiger partial charge in [0.1, 0.15) is 11.5 Å². The van der Waals surface area contributed by atoms with Gasteiger partial charge in [0.2, 0.25) is 0 Å². The smallest absolute Gasteiger partial charge is 0.274 e. The number of hydrogen-bond donors (Lipinski definition) is 3. The molecule has 0 saturated heterocycles. The summed E-state index contributed by atoms with van der Waals surface area (Å²) in [6.45, 7) is 0.916. The zero-order valence-corrected chi connectivity index (χ0v) is 11.1. The first kappa shape index (κ1) is 15.6. The first-order valence-electron chi connectivity index (χ1n) is 5.88. The molecule has 1 rings (SSSR count). The van der Waals surface area contributed by atoms with Crippen molar-refractivity contribution in [3.05, 3.63) is 28.2 Å². The molecular formula is C11H17N5O4. The number of nitrogens with zero attached hydrogens (tertiary/aromatic N) is 3. The van der Waals surface area contributed by atoms with Crippen LogP contribution in [0.1, 0.15) is 16.9 Å². The zero-order valence-electron chi connectivity index (χ0n) is 11.1. The molecule has 0 aliphatic carbocycles. The molecule has 0 aliphatic rings. The number of ether oxygens (including phenoxy) is 1. The molecule has 0 unspecified atom stereocenters. The lowest BCUT2D eigenvalue weighted by Crippen LogP contribution is -2.37. The molecule has 0 atom stereocenters. The van der Waals surface area contributed by atoms with Crippen LogP contribution in [0.15, 0.2) is 22.1 Å². The third kappa shape index (κ3) is 4.69. The van der Waals surface area contributed by atoms with E-state index in [1.807, 2.05) is 0 Å². The molecule has 0 bridgehead atoms. The Morgan fingerprint density at radius 1 is 1.55 bits per heavy atom. The molecule has 9 nitrogen and oxygen atoms in total. The highest BCUT2D eigenvalue weighted by molar-refractivity contribution is 5.92. The molecule has 1 amide bonds. The van der Waals surface area contributed by atoms with Gasteiger partial charge in [0.15, 0.2) is 0 Å². The lowest BCUT2D eigenvalue weighted by Gasteiger charge is -2.21. The van der Waals surface area contributed by atoms with Crippen LogP contribution < -0.4 is 11.3 Å². The summed E-state index contributed by atoms with van der Waals surface area (Å²) in [6.07, 6.45) is 0.218. The summed E-state index contributed by atoms with van der Waals surface area (Å²) >= 11 is 0. The zero-order chi connectivity index (χ0) is 15.0. The Balaban J connectivity index is 2.77. The van der Waals surface area contributed by atoms with Crippen LogP contribution in [0.2, 0.25) is 0 Å². The minimum atomic E-state index is -0.387. The number of nitrogens with two attached hydrogens (primary N) is 1. The second-order valence-electron chi connectivity index (χ2n) is 3.93. The molecule has 1 heterocycles. The van der Waals surface area contributed by atoms with Crippen LogP contribution in [0.25, 0.3) is 0 Å². The molecule has 110 valence electrons. The van der Waals surface area contributed by atoms with Crippen LogP contribution in [-0.4, -0.2) is 58.9 Å². The van der Waals surface area contributed by atoms with Crippen molar-refractivity contribution in [2.75, 3.05) is 26.8 Å². The Morgan fingerprint density at radius 3 is 2.85 bits per heavy atom. The third-order valence-corrected chi connectivity index (χ3v) is 2.52. The number of rotatable bonds is 7. The van der Waals surface area contributed by atoms with Gasteiger partial charge in [-0.25, -0.2) is 5.10 Å². The average molecular weight is 283 g/mol. The van der Waals surface area contributed by atoms with E-state index < -0.39 is 0 Å². The maximum Gasteiger partial charge on any atom is 0.274 e. The molecule has 20 heavy (non-hydrogen) atoms. The quantitative estimate of drug-likeness (QED) is 0.254. The minimum Gasteiger partial charge on any atom is -0.409 e. The summed E-state index contributed by atoms with van der Waals surface area (Å²) in [6, 6.07) is 2.56. The summed E-state index contributed by atoms with van der Waals surface area (Å²) in [5, 5.41) is 17.2.